The van der Waals surface area contributed by atoms with E-state index in [1.54, 1.807) is 0 Å². The maximum absolute atomic E-state index is 5.56. The normalized spacial score (nSPS) is 16.3. The lowest BCUT2D eigenvalue weighted by molar-refractivity contribution is 0.220. The number of nitrogens with two attached hydrogens (primary N) is 1. The molecule has 0 aliphatic heterocycles. The standard InChI is InChI=1S/C12H24N2S/c1-3-10(4-2)9-14(11-5-6-11)8-7-12(13)15/h10-11H,3-9H2,1-2H3,(H2,13,15). The van der Waals surface area contributed by atoms with E-state index in [2.05, 4.69) is 18.7 Å². The Morgan fingerprint density at radius 2 is 2.00 bits per heavy atom. The summed E-state index contributed by atoms with van der Waals surface area (Å²) in [6.45, 7) is 6.87. The quantitative estimate of drug-likeness (QED) is 0.647. The van der Waals surface area contributed by atoms with Crippen molar-refractivity contribution in [1.29, 1.82) is 0 Å². The molecule has 1 aliphatic carbocycles. The lowest BCUT2D eigenvalue weighted by Gasteiger charge is -2.26. The molecule has 1 fully saturated rings. The van der Waals surface area contributed by atoms with E-state index in [0.717, 1.165) is 24.9 Å². The van der Waals surface area contributed by atoms with Crippen molar-refractivity contribution in [3.05, 3.63) is 0 Å². The van der Waals surface area contributed by atoms with Crippen molar-refractivity contribution in [3.8, 4) is 0 Å². The molecule has 2 nitrogen and oxygen atoms in total. The van der Waals surface area contributed by atoms with Gasteiger partial charge < -0.3 is 5.73 Å². The van der Waals surface area contributed by atoms with E-state index in [9.17, 15) is 0 Å². The molecular formula is C12H24N2S. The van der Waals surface area contributed by atoms with Crippen LogP contribution in [0.4, 0.5) is 0 Å². The van der Waals surface area contributed by atoms with Crippen LogP contribution in [0.5, 0.6) is 0 Å². The van der Waals surface area contributed by atoms with Gasteiger partial charge in [-0.1, -0.05) is 38.9 Å². The van der Waals surface area contributed by atoms with Crippen molar-refractivity contribution in [2.45, 2.75) is 52.0 Å². The second-order valence-corrected chi connectivity index (χ2v) is 5.15. The van der Waals surface area contributed by atoms with Gasteiger partial charge in [0.1, 0.15) is 0 Å². The molecule has 1 rings (SSSR count). The lowest BCUT2D eigenvalue weighted by Crippen LogP contribution is -2.34. The maximum Gasteiger partial charge on any atom is 0.0740 e. The molecule has 0 amide bonds. The SMILES string of the molecule is CCC(CC)CN(CCC(N)=S)C1CC1. The summed E-state index contributed by atoms with van der Waals surface area (Å²) in [5, 5.41) is 0. The van der Waals surface area contributed by atoms with E-state index in [0.29, 0.717) is 4.99 Å². The molecule has 0 unspecified atom stereocenters. The smallest absolute Gasteiger partial charge is 0.0740 e. The number of thiocarbonyl (C=S) groups is 1. The zero-order valence-corrected chi connectivity index (χ0v) is 10.9. The minimum Gasteiger partial charge on any atom is -0.393 e. The Morgan fingerprint density at radius 1 is 1.40 bits per heavy atom. The predicted octanol–water partition coefficient (Wildman–Crippen LogP) is 2.56. The van der Waals surface area contributed by atoms with Crippen LogP contribution in [0.1, 0.15) is 46.0 Å². The Morgan fingerprint density at radius 3 is 2.40 bits per heavy atom. The molecule has 0 atom stereocenters. The van der Waals surface area contributed by atoms with Crippen molar-refractivity contribution >= 4 is 17.2 Å². The highest BCUT2D eigenvalue weighted by Crippen LogP contribution is 2.28. The Hall–Kier alpha value is -0.150. The van der Waals surface area contributed by atoms with E-state index in [-0.39, 0.29) is 0 Å². The van der Waals surface area contributed by atoms with Gasteiger partial charge in [-0.05, 0) is 18.8 Å². The summed E-state index contributed by atoms with van der Waals surface area (Å²) in [7, 11) is 0. The van der Waals surface area contributed by atoms with Crippen LogP contribution in [0.25, 0.3) is 0 Å². The molecule has 2 N–H and O–H groups in total. The van der Waals surface area contributed by atoms with Crippen LogP contribution in [0, 0.1) is 5.92 Å². The monoisotopic (exact) mass is 228 g/mol. The molecule has 0 aromatic carbocycles. The predicted molar refractivity (Wildman–Crippen MR) is 70.1 cm³/mol. The minimum atomic E-state index is 0.658. The lowest BCUT2D eigenvalue weighted by atomic mass is 10.0. The van der Waals surface area contributed by atoms with Crippen molar-refractivity contribution < 1.29 is 0 Å². The Kier molecular flexibility index (Phi) is 5.54. The summed E-state index contributed by atoms with van der Waals surface area (Å²) in [5.74, 6) is 0.844. The summed E-state index contributed by atoms with van der Waals surface area (Å²) in [4.78, 5) is 3.25. The molecular weight excluding hydrogens is 204 g/mol. The van der Waals surface area contributed by atoms with Gasteiger partial charge in [0, 0.05) is 25.6 Å². The van der Waals surface area contributed by atoms with Crippen LogP contribution in [0.3, 0.4) is 0 Å². The summed E-state index contributed by atoms with van der Waals surface area (Å²) < 4.78 is 0. The Balaban J connectivity index is 2.32. The first-order chi connectivity index (χ1) is 7.17. The van der Waals surface area contributed by atoms with Crippen molar-refractivity contribution in [1.82, 2.24) is 4.90 Å². The van der Waals surface area contributed by atoms with Gasteiger partial charge in [0.2, 0.25) is 0 Å². The molecule has 1 aliphatic rings. The zero-order valence-electron chi connectivity index (χ0n) is 10.0. The fourth-order valence-corrected chi connectivity index (χ4v) is 2.09. The number of hydrogen-bond donors (Lipinski definition) is 1. The van der Waals surface area contributed by atoms with Crippen LogP contribution in [-0.2, 0) is 0 Å². The van der Waals surface area contributed by atoms with Crippen LogP contribution in [0.2, 0.25) is 0 Å². The highest BCUT2D eigenvalue weighted by Gasteiger charge is 2.29. The average molecular weight is 228 g/mol. The molecule has 0 spiro atoms. The zero-order chi connectivity index (χ0) is 11.3. The van der Waals surface area contributed by atoms with E-state index < -0.39 is 0 Å². The first-order valence-electron chi connectivity index (χ1n) is 6.19. The molecule has 1 saturated carbocycles. The van der Waals surface area contributed by atoms with Gasteiger partial charge in [-0.2, -0.15) is 0 Å². The summed E-state index contributed by atoms with van der Waals surface area (Å²) in [6.07, 6.45) is 6.19. The molecule has 0 heterocycles. The summed E-state index contributed by atoms with van der Waals surface area (Å²) in [5.41, 5.74) is 5.56. The van der Waals surface area contributed by atoms with E-state index in [1.165, 1.54) is 32.2 Å². The van der Waals surface area contributed by atoms with Crippen molar-refractivity contribution in [2.75, 3.05) is 13.1 Å². The van der Waals surface area contributed by atoms with Crippen LogP contribution >= 0.6 is 12.2 Å². The largest absolute Gasteiger partial charge is 0.393 e. The third-order valence-electron chi connectivity index (χ3n) is 3.36. The third kappa shape index (κ3) is 4.94. The maximum atomic E-state index is 5.56. The minimum absolute atomic E-state index is 0.658. The van der Waals surface area contributed by atoms with E-state index in [4.69, 9.17) is 18.0 Å². The van der Waals surface area contributed by atoms with Crippen LogP contribution in [-0.4, -0.2) is 29.0 Å². The number of hydrogen-bond acceptors (Lipinski definition) is 2. The second kappa shape index (κ2) is 6.44. The van der Waals surface area contributed by atoms with E-state index >= 15 is 0 Å². The average Bonchev–Trinajstić information content (AvgIpc) is 3.02. The first kappa shape index (κ1) is 12.9. The fraction of sp³-hybridized carbons (Fsp3) is 0.917. The first-order valence-corrected chi connectivity index (χ1v) is 6.60. The van der Waals surface area contributed by atoms with E-state index in [1.807, 2.05) is 0 Å². The molecule has 0 aromatic heterocycles. The van der Waals surface area contributed by atoms with Crippen molar-refractivity contribution in [3.63, 3.8) is 0 Å². The molecule has 0 aromatic rings. The van der Waals surface area contributed by atoms with Gasteiger partial charge in [-0.15, -0.1) is 0 Å². The van der Waals surface area contributed by atoms with Gasteiger partial charge >= 0.3 is 0 Å². The Bertz CT molecular complexity index is 198. The highest BCUT2D eigenvalue weighted by molar-refractivity contribution is 7.80. The summed E-state index contributed by atoms with van der Waals surface area (Å²) >= 11 is 4.94. The van der Waals surface area contributed by atoms with Gasteiger partial charge in [0.05, 0.1) is 4.99 Å². The van der Waals surface area contributed by atoms with Gasteiger partial charge in [-0.25, -0.2) is 0 Å². The fourth-order valence-electron chi connectivity index (χ4n) is 1.99. The molecule has 0 saturated heterocycles. The molecule has 0 radical (unpaired) electrons. The van der Waals surface area contributed by atoms with Gasteiger partial charge in [0.25, 0.3) is 0 Å². The van der Waals surface area contributed by atoms with Gasteiger partial charge in [0.15, 0.2) is 0 Å². The Labute approximate surface area is 99.2 Å². The molecule has 15 heavy (non-hydrogen) atoms. The molecule has 88 valence electrons. The second-order valence-electron chi connectivity index (χ2n) is 4.62. The number of nitrogens with zero attached hydrogens (tertiary/aromatic N) is 1. The van der Waals surface area contributed by atoms with Crippen LogP contribution in [0.15, 0.2) is 0 Å². The third-order valence-corrected chi connectivity index (χ3v) is 3.56. The van der Waals surface area contributed by atoms with Gasteiger partial charge in [-0.3, -0.25) is 4.90 Å². The van der Waals surface area contributed by atoms with Crippen LogP contribution < -0.4 is 5.73 Å². The molecule has 0 bridgehead atoms. The topological polar surface area (TPSA) is 29.3 Å². The van der Waals surface area contributed by atoms with Crippen molar-refractivity contribution in [2.24, 2.45) is 11.7 Å². The summed E-state index contributed by atoms with van der Waals surface area (Å²) in [6, 6.07) is 0.833. The number of rotatable bonds is 8. The highest BCUT2D eigenvalue weighted by atomic mass is 32.1. The molecule has 3 heteroatoms.